The fourth-order valence-electron chi connectivity index (χ4n) is 2.45. The van der Waals surface area contributed by atoms with Crippen LogP contribution in [0.1, 0.15) is 26.6 Å². The van der Waals surface area contributed by atoms with Crippen molar-refractivity contribution >= 4 is 23.2 Å². The molecule has 0 aliphatic carbocycles. The molecular weight excluding hydrogens is 292 g/mol. The number of hydrogen-bond donors (Lipinski definition) is 0. The summed E-state index contributed by atoms with van der Waals surface area (Å²) < 4.78 is 1.82. The highest BCUT2D eigenvalue weighted by Crippen LogP contribution is 2.19. The number of ketones is 1. The van der Waals surface area contributed by atoms with Crippen LogP contribution in [0.5, 0.6) is 0 Å². The summed E-state index contributed by atoms with van der Waals surface area (Å²) in [5.41, 5.74) is 3.26. The molecule has 0 amide bonds. The number of allylic oxidation sites excluding steroid dienone is 1. The van der Waals surface area contributed by atoms with E-state index in [1.165, 1.54) is 0 Å². The van der Waals surface area contributed by atoms with E-state index in [0.29, 0.717) is 5.56 Å². The number of para-hydroxylation sites is 1. The summed E-state index contributed by atoms with van der Waals surface area (Å²) in [5.74, 6) is -0.00872. The van der Waals surface area contributed by atoms with Crippen molar-refractivity contribution in [1.82, 2.24) is 9.78 Å². The molecule has 0 aliphatic rings. The first-order valence-electron chi connectivity index (χ1n) is 7.04. The van der Waals surface area contributed by atoms with Gasteiger partial charge in [0.05, 0.1) is 22.6 Å². The monoisotopic (exact) mass is 308 g/mol. The first-order chi connectivity index (χ1) is 10.7. The molecule has 2 aromatic heterocycles. The molecule has 2 heterocycles. The van der Waals surface area contributed by atoms with Gasteiger partial charge in [-0.3, -0.25) is 4.79 Å². The first kappa shape index (κ1) is 14.5. The fourth-order valence-corrected chi connectivity index (χ4v) is 3.07. The number of thiophene rings is 1. The number of aromatic nitrogens is 2. The van der Waals surface area contributed by atoms with Crippen LogP contribution >= 0.6 is 11.3 Å². The maximum Gasteiger partial charge on any atom is 0.189 e. The summed E-state index contributed by atoms with van der Waals surface area (Å²) in [6.07, 6.45) is 3.48. The molecule has 0 saturated carbocycles. The molecule has 4 heteroatoms. The van der Waals surface area contributed by atoms with Crippen LogP contribution < -0.4 is 0 Å². The maximum atomic E-state index is 12.5. The van der Waals surface area contributed by atoms with Crippen LogP contribution in [0.4, 0.5) is 0 Å². The number of rotatable bonds is 4. The summed E-state index contributed by atoms with van der Waals surface area (Å²) in [6.45, 7) is 3.80. The third-order valence-electron chi connectivity index (χ3n) is 3.48. The molecule has 0 unspecified atom stereocenters. The highest BCUT2D eigenvalue weighted by Gasteiger charge is 2.17. The predicted molar refractivity (Wildman–Crippen MR) is 90.7 cm³/mol. The van der Waals surface area contributed by atoms with Crippen molar-refractivity contribution in [1.29, 1.82) is 0 Å². The van der Waals surface area contributed by atoms with Gasteiger partial charge in [-0.15, -0.1) is 11.3 Å². The SMILES string of the molecule is Cc1nn(-c2ccccc2)c(C)c1C(=O)C=Cc1cccs1. The summed E-state index contributed by atoms with van der Waals surface area (Å²) in [7, 11) is 0. The van der Waals surface area contributed by atoms with Crippen LogP contribution in [0.15, 0.2) is 53.9 Å². The van der Waals surface area contributed by atoms with Crippen molar-refractivity contribution in [3.63, 3.8) is 0 Å². The maximum absolute atomic E-state index is 12.5. The van der Waals surface area contributed by atoms with Crippen LogP contribution in [0.3, 0.4) is 0 Å². The Morgan fingerprint density at radius 2 is 1.91 bits per heavy atom. The molecule has 110 valence electrons. The van der Waals surface area contributed by atoms with E-state index >= 15 is 0 Å². The predicted octanol–water partition coefficient (Wildman–Crippen LogP) is 4.45. The molecule has 0 N–H and O–H groups in total. The zero-order chi connectivity index (χ0) is 15.5. The third kappa shape index (κ3) is 2.78. The minimum Gasteiger partial charge on any atom is -0.289 e. The molecule has 0 atom stereocenters. The van der Waals surface area contributed by atoms with Crippen LogP contribution in [0.25, 0.3) is 11.8 Å². The number of aryl methyl sites for hydroxylation is 1. The molecular formula is C18H16N2OS. The van der Waals surface area contributed by atoms with Gasteiger partial charge in [-0.05, 0) is 49.6 Å². The number of benzene rings is 1. The van der Waals surface area contributed by atoms with E-state index in [0.717, 1.165) is 22.0 Å². The van der Waals surface area contributed by atoms with E-state index in [2.05, 4.69) is 5.10 Å². The Kier molecular flexibility index (Phi) is 4.02. The van der Waals surface area contributed by atoms with Crippen molar-refractivity contribution < 1.29 is 4.79 Å². The van der Waals surface area contributed by atoms with Crippen LogP contribution in [0, 0.1) is 13.8 Å². The minimum atomic E-state index is -0.00872. The van der Waals surface area contributed by atoms with E-state index in [1.807, 2.05) is 72.4 Å². The van der Waals surface area contributed by atoms with Gasteiger partial charge in [-0.25, -0.2) is 4.68 Å². The van der Waals surface area contributed by atoms with Crippen molar-refractivity contribution in [2.24, 2.45) is 0 Å². The molecule has 3 nitrogen and oxygen atoms in total. The van der Waals surface area contributed by atoms with Gasteiger partial charge in [0.25, 0.3) is 0 Å². The Hall–Kier alpha value is -2.46. The van der Waals surface area contributed by atoms with E-state index in [4.69, 9.17) is 0 Å². The lowest BCUT2D eigenvalue weighted by molar-refractivity contribution is 0.104. The van der Waals surface area contributed by atoms with Crippen LogP contribution in [0.2, 0.25) is 0 Å². The number of carbonyl (C=O) groups is 1. The summed E-state index contributed by atoms with van der Waals surface area (Å²) in [4.78, 5) is 13.6. The molecule has 1 aromatic carbocycles. The molecule has 0 fully saturated rings. The second-order valence-corrected chi connectivity index (χ2v) is 5.99. The zero-order valence-electron chi connectivity index (χ0n) is 12.5. The average Bonchev–Trinajstić information content (AvgIpc) is 3.14. The molecule has 0 saturated heterocycles. The van der Waals surface area contributed by atoms with Crippen LogP contribution in [-0.2, 0) is 0 Å². The van der Waals surface area contributed by atoms with Gasteiger partial charge in [0.1, 0.15) is 0 Å². The molecule has 0 bridgehead atoms. The Morgan fingerprint density at radius 1 is 1.14 bits per heavy atom. The molecule has 3 rings (SSSR count). The van der Waals surface area contributed by atoms with Gasteiger partial charge in [0.2, 0.25) is 0 Å². The molecule has 0 spiro atoms. The Labute approximate surface area is 133 Å². The lowest BCUT2D eigenvalue weighted by atomic mass is 10.1. The van der Waals surface area contributed by atoms with Gasteiger partial charge < -0.3 is 0 Å². The van der Waals surface area contributed by atoms with Crippen LogP contribution in [-0.4, -0.2) is 15.6 Å². The zero-order valence-corrected chi connectivity index (χ0v) is 13.3. The Balaban J connectivity index is 1.95. The highest BCUT2D eigenvalue weighted by molar-refractivity contribution is 7.10. The second-order valence-electron chi connectivity index (χ2n) is 5.01. The van der Waals surface area contributed by atoms with Crippen molar-refractivity contribution in [3.05, 3.63) is 75.7 Å². The summed E-state index contributed by atoms with van der Waals surface area (Å²) >= 11 is 1.61. The van der Waals surface area contributed by atoms with E-state index in [9.17, 15) is 4.79 Å². The average molecular weight is 308 g/mol. The summed E-state index contributed by atoms with van der Waals surface area (Å²) in [6, 6.07) is 13.8. The lowest BCUT2D eigenvalue weighted by Gasteiger charge is -2.03. The quantitative estimate of drug-likeness (QED) is 0.527. The normalized spacial score (nSPS) is 11.2. The second kappa shape index (κ2) is 6.12. The minimum absolute atomic E-state index is 0.00872. The molecule has 3 aromatic rings. The summed E-state index contributed by atoms with van der Waals surface area (Å²) in [5, 5.41) is 6.51. The van der Waals surface area contributed by atoms with E-state index in [1.54, 1.807) is 17.4 Å². The largest absolute Gasteiger partial charge is 0.289 e. The molecule has 0 radical (unpaired) electrons. The van der Waals surface area contributed by atoms with E-state index in [-0.39, 0.29) is 5.78 Å². The number of carbonyl (C=O) groups excluding carboxylic acids is 1. The van der Waals surface area contributed by atoms with Gasteiger partial charge in [-0.2, -0.15) is 5.10 Å². The Morgan fingerprint density at radius 3 is 2.59 bits per heavy atom. The third-order valence-corrected chi connectivity index (χ3v) is 4.32. The van der Waals surface area contributed by atoms with Crippen molar-refractivity contribution in [2.75, 3.05) is 0 Å². The standard InChI is InChI=1S/C18H16N2OS/c1-13-18(17(21)11-10-16-9-6-12-22-16)14(2)20(19-13)15-7-4-3-5-8-15/h3-12H,1-2H3. The van der Waals surface area contributed by atoms with Crippen molar-refractivity contribution in [2.45, 2.75) is 13.8 Å². The lowest BCUT2D eigenvalue weighted by Crippen LogP contribution is -2.01. The number of hydrogen-bond acceptors (Lipinski definition) is 3. The number of nitrogens with zero attached hydrogens (tertiary/aromatic N) is 2. The first-order valence-corrected chi connectivity index (χ1v) is 7.92. The topological polar surface area (TPSA) is 34.9 Å². The van der Waals surface area contributed by atoms with Gasteiger partial charge in [0.15, 0.2) is 5.78 Å². The van der Waals surface area contributed by atoms with Crippen molar-refractivity contribution in [3.8, 4) is 5.69 Å². The van der Waals surface area contributed by atoms with Gasteiger partial charge >= 0.3 is 0 Å². The molecule has 22 heavy (non-hydrogen) atoms. The molecule has 0 aliphatic heterocycles. The fraction of sp³-hybridized carbons (Fsp3) is 0.111. The smallest absolute Gasteiger partial charge is 0.189 e. The van der Waals surface area contributed by atoms with Gasteiger partial charge in [-0.1, -0.05) is 24.3 Å². The van der Waals surface area contributed by atoms with E-state index < -0.39 is 0 Å². The van der Waals surface area contributed by atoms with Gasteiger partial charge in [0, 0.05) is 4.88 Å². The highest BCUT2D eigenvalue weighted by atomic mass is 32.1. The Bertz CT molecular complexity index is 814.